The van der Waals surface area contributed by atoms with Gasteiger partial charge in [0.05, 0.1) is 24.2 Å². The molecule has 6 nitrogen and oxygen atoms in total. The lowest BCUT2D eigenvalue weighted by Gasteiger charge is -2.21. The first-order chi connectivity index (χ1) is 12.6. The van der Waals surface area contributed by atoms with Crippen LogP contribution in [0.4, 0.5) is 0 Å². The van der Waals surface area contributed by atoms with E-state index >= 15 is 0 Å². The largest absolute Gasteiger partial charge is 0.477 e. The average molecular weight is 350 g/mol. The summed E-state index contributed by atoms with van der Waals surface area (Å²) in [5.74, 6) is -1.60. The van der Waals surface area contributed by atoms with Crippen LogP contribution in [-0.4, -0.2) is 34.1 Å². The van der Waals surface area contributed by atoms with Crippen molar-refractivity contribution in [3.05, 3.63) is 53.9 Å². The third-order valence-electron chi connectivity index (χ3n) is 4.96. The molecule has 0 saturated carbocycles. The minimum absolute atomic E-state index is 0.0285. The molecule has 0 spiro atoms. The molecule has 6 heteroatoms. The van der Waals surface area contributed by atoms with Gasteiger partial charge < -0.3 is 14.8 Å². The molecule has 0 amide bonds. The minimum atomic E-state index is -1.05. The van der Waals surface area contributed by atoms with E-state index in [0.29, 0.717) is 18.5 Å². The second-order valence-electron chi connectivity index (χ2n) is 6.49. The van der Waals surface area contributed by atoms with Crippen LogP contribution >= 0.6 is 0 Å². The highest BCUT2D eigenvalue weighted by molar-refractivity contribution is 6.09. The second-order valence-corrected chi connectivity index (χ2v) is 6.49. The number of esters is 1. The Morgan fingerprint density at radius 2 is 2.00 bits per heavy atom. The third-order valence-corrected chi connectivity index (χ3v) is 4.96. The van der Waals surface area contributed by atoms with E-state index in [2.05, 4.69) is 9.97 Å². The molecule has 26 heavy (non-hydrogen) atoms. The van der Waals surface area contributed by atoms with Crippen LogP contribution in [-0.2, 0) is 9.53 Å². The fourth-order valence-electron chi connectivity index (χ4n) is 3.64. The van der Waals surface area contributed by atoms with Crippen molar-refractivity contribution in [2.24, 2.45) is 5.92 Å². The SMILES string of the molecule is COC(=O)C1C=CC(c2nc(C(=O)O)cc3c2[nH]c2ccccc23)CC1. The summed E-state index contributed by atoms with van der Waals surface area (Å²) in [6.07, 6.45) is 5.12. The van der Waals surface area contributed by atoms with E-state index in [4.69, 9.17) is 4.74 Å². The highest BCUT2D eigenvalue weighted by Crippen LogP contribution is 2.36. The maximum atomic E-state index is 11.7. The Kier molecular flexibility index (Phi) is 3.95. The predicted molar refractivity (Wildman–Crippen MR) is 97.2 cm³/mol. The number of benzene rings is 1. The molecule has 0 saturated heterocycles. The Bertz CT molecular complexity index is 1050. The first-order valence-electron chi connectivity index (χ1n) is 8.49. The molecule has 132 valence electrons. The molecule has 2 atom stereocenters. The predicted octanol–water partition coefficient (Wildman–Crippen LogP) is 3.64. The highest BCUT2D eigenvalue weighted by atomic mass is 16.5. The van der Waals surface area contributed by atoms with Gasteiger partial charge in [-0.05, 0) is 25.0 Å². The number of carboxylic acid groups (broad SMARTS) is 1. The van der Waals surface area contributed by atoms with Gasteiger partial charge in [-0.3, -0.25) is 4.79 Å². The highest BCUT2D eigenvalue weighted by Gasteiger charge is 2.26. The van der Waals surface area contributed by atoms with Crippen molar-refractivity contribution in [1.29, 1.82) is 0 Å². The molecule has 2 heterocycles. The summed E-state index contributed by atoms with van der Waals surface area (Å²) >= 11 is 0. The number of carbonyl (C=O) groups excluding carboxylic acids is 1. The van der Waals surface area contributed by atoms with Crippen molar-refractivity contribution in [2.75, 3.05) is 7.11 Å². The van der Waals surface area contributed by atoms with Gasteiger partial charge in [-0.15, -0.1) is 0 Å². The molecule has 0 radical (unpaired) electrons. The zero-order valence-electron chi connectivity index (χ0n) is 14.2. The molecule has 1 aromatic carbocycles. The zero-order chi connectivity index (χ0) is 18.3. The van der Waals surface area contributed by atoms with E-state index in [-0.39, 0.29) is 23.5 Å². The number of rotatable bonds is 3. The molecule has 2 aromatic heterocycles. The van der Waals surface area contributed by atoms with Gasteiger partial charge in [0.15, 0.2) is 0 Å². The zero-order valence-corrected chi connectivity index (χ0v) is 14.2. The number of carbonyl (C=O) groups is 2. The first kappa shape index (κ1) is 16.3. The van der Waals surface area contributed by atoms with E-state index < -0.39 is 5.97 Å². The minimum Gasteiger partial charge on any atom is -0.477 e. The normalized spacial score (nSPS) is 19.7. The second kappa shape index (κ2) is 6.29. The van der Waals surface area contributed by atoms with Gasteiger partial charge in [0, 0.05) is 22.2 Å². The van der Waals surface area contributed by atoms with Crippen LogP contribution in [0.25, 0.3) is 21.8 Å². The lowest BCUT2D eigenvalue weighted by molar-refractivity contribution is -0.144. The number of hydrogen-bond acceptors (Lipinski definition) is 4. The molecular weight excluding hydrogens is 332 g/mol. The van der Waals surface area contributed by atoms with Crippen LogP contribution in [0.3, 0.4) is 0 Å². The van der Waals surface area contributed by atoms with Gasteiger partial charge in [-0.1, -0.05) is 30.4 Å². The fraction of sp³-hybridized carbons (Fsp3) is 0.250. The lowest BCUT2D eigenvalue weighted by atomic mass is 9.86. The molecule has 1 aliphatic carbocycles. The molecule has 1 aliphatic rings. The number of aromatic amines is 1. The number of carboxylic acids is 1. The quantitative estimate of drug-likeness (QED) is 0.556. The summed E-state index contributed by atoms with van der Waals surface area (Å²) in [6, 6.07) is 9.41. The van der Waals surface area contributed by atoms with Gasteiger partial charge in [-0.25, -0.2) is 9.78 Å². The summed E-state index contributed by atoms with van der Waals surface area (Å²) < 4.78 is 4.80. The topological polar surface area (TPSA) is 92.3 Å². The number of para-hydroxylation sites is 1. The van der Waals surface area contributed by atoms with Crippen LogP contribution in [0.15, 0.2) is 42.5 Å². The standard InChI is InChI=1S/C20H18N2O4/c1-26-20(25)12-8-6-11(7-9-12)17-18-14(10-16(22-17)19(23)24)13-4-2-3-5-15(13)21-18/h2-6,8,10-12,21H,7,9H2,1H3,(H,23,24). The Balaban J connectivity index is 1.86. The van der Waals surface area contributed by atoms with Crippen molar-refractivity contribution >= 4 is 33.7 Å². The van der Waals surface area contributed by atoms with Crippen molar-refractivity contribution in [3.63, 3.8) is 0 Å². The van der Waals surface area contributed by atoms with Gasteiger partial charge in [0.25, 0.3) is 0 Å². The van der Waals surface area contributed by atoms with E-state index in [1.807, 2.05) is 36.4 Å². The number of fused-ring (bicyclic) bond motifs is 3. The Hall–Kier alpha value is -3.15. The summed E-state index contributed by atoms with van der Waals surface area (Å²) in [4.78, 5) is 31.1. The number of methoxy groups -OCH3 is 1. The smallest absolute Gasteiger partial charge is 0.354 e. The number of aromatic nitrogens is 2. The summed E-state index contributed by atoms with van der Waals surface area (Å²) in [7, 11) is 1.38. The van der Waals surface area contributed by atoms with E-state index in [0.717, 1.165) is 21.8 Å². The van der Waals surface area contributed by atoms with Crippen LogP contribution < -0.4 is 0 Å². The van der Waals surface area contributed by atoms with Gasteiger partial charge in [-0.2, -0.15) is 0 Å². The van der Waals surface area contributed by atoms with E-state index in [1.165, 1.54) is 7.11 Å². The van der Waals surface area contributed by atoms with Crippen LogP contribution in [0, 0.1) is 5.92 Å². The van der Waals surface area contributed by atoms with Crippen LogP contribution in [0.2, 0.25) is 0 Å². The first-order valence-corrected chi connectivity index (χ1v) is 8.49. The maximum absolute atomic E-state index is 11.7. The number of nitrogens with one attached hydrogen (secondary N) is 1. The number of allylic oxidation sites excluding steroid dienone is 1. The Morgan fingerprint density at radius 1 is 1.19 bits per heavy atom. The molecule has 2 N–H and O–H groups in total. The molecule has 3 aromatic rings. The Morgan fingerprint density at radius 3 is 2.69 bits per heavy atom. The maximum Gasteiger partial charge on any atom is 0.354 e. The summed E-state index contributed by atoms with van der Waals surface area (Å²) in [6.45, 7) is 0. The van der Waals surface area contributed by atoms with Gasteiger partial charge in [0.2, 0.25) is 0 Å². The van der Waals surface area contributed by atoms with E-state index in [9.17, 15) is 14.7 Å². The molecule has 0 fully saturated rings. The monoisotopic (exact) mass is 350 g/mol. The Labute approximate surface area is 149 Å². The molecule has 2 unspecified atom stereocenters. The van der Waals surface area contributed by atoms with E-state index in [1.54, 1.807) is 6.07 Å². The lowest BCUT2D eigenvalue weighted by Crippen LogP contribution is -2.19. The van der Waals surface area contributed by atoms with Crippen molar-refractivity contribution in [3.8, 4) is 0 Å². The summed E-state index contributed by atoms with van der Waals surface area (Å²) in [5.41, 5.74) is 2.53. The molecule has 4 rings (SSSR count). The third kappa shape index (κ3) is 2.63. The number of ether oxygens (including phenoxy) is 1. The van der Waals surface area contributed by atoms with Gasteiger partial charge in [0.1, 0.15) is 5.69 Å². The average Bonchev–Trinajstić information content (AvgIpc) is 3.05. The number of hydrogen-bond donors (Lipinski definition) is 2. The van der Waals surface area contributed by atoms with Crippen molar-refractivity contribution in [1.82, 2.24) is 9.97 Å². The fourth-order valence-corrected chi connectivity index (χ4v) is 3.64. The van der Waals surface area contributed by atoms with Crippen LogP contribution in [0.5, 0.6) is 0 Å². The number of nitrogens with zero attached hydrogens (tertiary/aromatic N) is 1. The van der Waals surface area contributed by atoms with Crippen molar-refractivity contribution < 1.29 is 19.4 Å². The van der Waals surface area contributed by atoms with Gasteiger partial charge >= 0.3 is 11.9 Å². The molecule has 0 aliphatic heterocycles. The molecular formula is C20H18N2O4. The number of pyridine rings is 1. The van der Waals surface area contributed by atoms with Crippen molar-refractivity contribution in [2.45, 2.75) is 18.8 Å². The van der Waals surface area contributed by atoms with Crippen LogP contribution in [0.1, 0.15) is 34.9 Å². The molecule has 0 bridgehead atoms. The number of aromatic carboxylic acids is 1. The number of H-pyrrole nitrogens is 1. The summed E-state index contributed by atoms with van der Waals surface area (Å²) in [5, 5.41) is 11.3.